The van der Waals surface area contributed by atoms with Gasteiger partial charge < -0.3 is 10.1 Å². The predicted molar refractivity (Wildman–Crippen MR) is 78.7 cm³/mol. The SMILES string of the molecule is Cc1csc(CN[C@H]2CCO[C@@H]2c2cnn(C)c2C)n1. The maximum absolute atomic E-state index is 5.91. The molecule has 0 radical (unpaired) electrons. The number of ether oxygens (including phenoxy) is 1. The molecule has 2 aromatic rings. The lowest BCUT2D eigenvalue weighted by Crippen LogP contribution is -2.31. The summed E-state index contributed by atoms with van der Waals surface area (Å²) in [4.78, 5) is 4.49. The molecule has 1 fully saturated rings. The maximum Gasteiger partial charge on any atom is 0.107 e. The summed E-state index contributed by atoms with van der Waals surface area (Å²) < 4.78 is 7.81. The molecule has 0 amide bonds. The predicted octanol–water partition coefficient (Wildman–Crippen LogP) is 2.11. The van der Waals surface area contributed by atoms with Gasteiger partial charge in [0.1, 0.15) is 11.1 Å². The summed E-state index contributed by atoms with van der Waals surface area (Å²) in [5.41, 5.74) is 3.46. The van der Waals surface area contributed by atoms with Crippen LogP contribution in [0.5, 0.6) is 0 Å². The van der Waals surface area contributed by atoms with Gasteiger partial charge in [0.05, 0.1) is 6.20 Å². The second-order valence-electron chi connectivity index (χ2n) is 5.26. The van der Waals surface area contributed by atoms with Gasteiger partial charge in [-0.25, -0.2) is 4.98 Å². The summed E-state index contributed by atoms with van der Waals surface area (Å²) in [7, 11) is 1.97. The molecule has 2 atom stereocenters. The first-order valence-electron chi connectivity index (χ1n) is 6.89. The van der Waals surface area contributed by atoms with Crippen molar-refractivity contribution in [3.05, 3.63) is 33.5 Å². The minimum atomic E-state index is 0.102. The van der Waals surface area contributed by atoms with Crippen LogP contribution in [-0.2, 0) is 18.3 Å². The standard InChI is InChI=1S/C14H20N4OS/c1-9-8-20-13(17-9)7-15-12-4-5-19-14(12)11-6-16-18(3)10(11)2/h6,8,12,14-15H,4-5,7H2,1-3H3/t12-,14+/m0/s1. The minimum Gasteiger partial charge on any atom is -0.372 e. The van der Waals surface area contributed by atoms with Crippen molar-refractivity contribution in [1.29, 1.82) is 0 Å². The van der Waals surface area contributed by atoms with Crippen LogP contribution in [0.25, 0.3) is 0 Å². The number of thiazole rings is 1. The molecule has 3 heterocycles. The second kappa shape index (κ2) is 5.63. The van der Waals surface area contributed by atoms with E-state index in [9.17, 15) is 0 Å². The van der Waals surface area contributed by atoms with E-state index in [2.05, 4.69) is 27.7 Å². The fourth-order valence-corrected chi connectivity index (χ4v) is 3.33. The largest absolute Gasteiger partial charge is 0.372 e. The lowest BCUT2D eigenvalue weighted by molar-refractivity contribution is 0.0979. The number of rotatable bonds is 4. The molecule has 20 heavy (non-hydrogen) atoms. The number of nitrogens with one attached hydrogen (secondary N) is 1. The molecule has 0 bridgehead atoms. The monoisotopic (exact) mass is 292 g/mol. The van der Waals surface area contributed by atoms with Crippen LogP contribution in [0, 0.1) is 13.8 Å². The first-order chi connectivity index (χ1) is 9.65. The summed E-state index contributed by atoms with van der Waals surface area (Å²) >= 11 is 1.71. The number of aryl methyl sites for hydroxylation is 2. The van der Waals surface area contributed by atoms with E-state index in [0.29, 0.717) is 6.04 Å². The van der Waals surface area contributed by atoms with E-state index in [1.54, 1.807) is 11.3 Å². The highest BCUT2D eigenvalue weighted by molar-refractivity contribution is 7.09. The summed E-state index contributed by atoms with van der Waals surface area (Å²) in [6.45, 7) is 5.72. The molecule has 0 spiro atoms. The number of hydrogen-bond acceptors (Lipinski definition) is 5. The highest BCUT2D eigenvalue weighted by Crippen LogP contribution is 2.31. The normalized spacial score (nSPS) is 22.6. The average molecular weight is 292 g/mol. The summed E-state index contributed by atoms with van der Waals surface area (Å²) in [5.74, 6) is 0. The quantitative estimate of drug-likeness (QED) is 0.938. The summed E-state index contributed by atoms with van der Waals surface area (Å²) in [5, 5.41) is 11.1. The van der Waals surface area contributed by atoms with Crippen LogP contribution in [-0.4, -0.2) is 27.4 Å². The molecule has 0 aromatic carbocycles. The average Bonchev–Trinajstić information content (AvgIpc) is 3.11. The fraction of sp³-hybridized carbons (Fsp3) is 0.571. The van der Waals surface area contributed by atoms with E-state index in [0.717, 1.165) is 30.3 Å². The highest BCUT2D eigenvalue weighted by atomic mass is 32.1. The van der Waals surface area contributed by atoms with Gasteiger partial charge in [0, 0.05) is 48.6 Å². The molecule has 1 saturated heterocycles. The van der Waals surface area contributed by atoms with Crippen LogP contribution >= 0.6 is 11.3 Å². The Morgan fingerprint density at radius 2 is 2.35 bits per heavy atom. The van der Waals surface area contributed by atoms with Crippen LogP contribution in [0.2, 0.25) is 0 Å². The first-order valence-corrected chi connectivity index (χ1v) is 7.77. The van der Waals surface area contributed by atoms with E-state index in [1.165, 1.54) is 11.3 Å². The Hall–Kier alpha value is -1.24. The fourth-order valence-electron chi connectivity index (χ4n) is 2.60. The Balaban J connectivity index is 1.68. The smallest absolute Gasteiger partial charge is 0.107 e. The molecular weight excluding hydrogens is 272 g/mol. The molecule has 1 aliphatic heterocycles. The van der Waals surface area contributed by atoms with Gasteiger partial charge >= 0.3 is 0 Å². The van der Waals surface area contributed by atoms with Gasteiger partial charge in [-0.3, -0.25) is 4.68 Å². The van der Waals surface area contributed by atoms with Crippen molar-refractivity contribution in [2.75, 3.05) is 6.61 Å². The van der Waals surface area contributed by atoms with E-state index < -0.39 is 0 Å². The zero-order chi connectivity index (χ0) is 14.1. The molecule has 1 aliphatic rings. The third-order valence-corrected chi connectivity index (χ3v) is 4.82. The van der Waals surface area contributed by atoms with E-state index in [4.69, 9.17) is 4.74 Å². The molecule has 1 N–H and O–H groups in total. The zero-order valence-electron chi connectivity index (χ0n) is 12.1. The third kappa shape index (κ3) is 2.63. The lowest BCUT2D eigenvalue weighted by atomic mass is 10.0. The second-order valence-corrected chi connectivity index (χ2v) is 6.20. The summed E-state index contributed by atoms with van der Waals surface area (Å²) in [6, 6.07) is 0.335. The minimum absolute atomic E-state index is 0.102. The summed E-state index contributed by atoms with van der Waals surface area (Å²) in [6.07, 6.45) is 3.06. The van der Waals surface area contributed by atoms with Crippen LogP contribution in [0.15, 0.2) is 11.6 Å². The van der Waals surface area contributed by atoms with E-state index >= 15 is 0 Å². The Morgan fingerprint density at radius 1 is 1.50 bits per heavy atom. The van der Waals surface area contributed by atoms with Gasteiger partial charge in [0.2, 0.25) is 0 Å². The van der Waals surface area contributed by atoms with Crippen molar-refractivity contribution < 1.29 is 4.74 Å². The van der Waals surface area contributed by atoms with E-state index in [1.807, 2.05) is 24.9 Å². The number of aromatic nitrogens is 3. The number of nitrogens with zero attached hydrogens (tertiary/aromatic N) is 3. The Bertz CT molecular complexity index is 592. The molecule has 0 unspecified atom stereocenters. The molecule has 6 heteroatoms. The highest BCUT2D eigenvalue weighted by Gasteiger charge is 2.31. The molecule has 108 valence electrons. The van der Waals surface area contributed by atoms with Crippen molar-refractivity contribution in [3.63, 3.8) is 0 Å². The van der Waals surface area contributed by atoms with Gasteiger partial charge in [-0.2, -0.15) is 5.10 Å². The number of hydrogen-bond donors (Lipinski definition) is 1. The van der Waals surface area contributed by atoms with Crippen LogP contribution in [0.3, 0.4) is 0 Å². The van der Waals surface area contributed by atoms with Crippen molar-refractivity contribution >= 4 is 11.3 Å². The van der Waals surface area contributed by atoms with Gasteiger partial charge in [-0.1, -0.05) is 0 Å². The van der Waals surface area contributed by atoms with Crippen molar-refractivity contribution in [3.8, 4) is 0 Å². The van der Waals surface area contributed by atoms with Gasteiger partial charge in [-0.15, -0.1) is 11.3 Å². The maximum atomic E-state index is 5.91. The van der Waals surface area contributed by atoms with Crippen molar-refractivity contribution in [1.82, 2.24) is 20.1 Å². The lowest BCUT2D eigenvalue weighted by Gasteiger charge is -2.19. The molecular formula is C14H20N4OS. The van der Waals surface area contributed by atoms with Crippen LogP contribution < -0.4 is 5.32 Å². The molecule has 0 saturated carbocycles. The van der Waals surface area contributed by atoms with Crippen molar-refractivity contribution in [2.24, 2.45) is 7.05 Å². The van der Waals surface area contributed by atoms with Gasteiger partial charge in [-0.05, 0) is 20.3 Å². The first kappa shape index (κ1) is 13.7. The topological polar surface area (TPSA) is 52.0 Å². The molecule has 5 nitrogen and oxygen atoms in total. The molecule has 2 aromatic heterocycles. The van der Waals surface area contributed by atoms with Crippen molar-refractivity contribution in [2.45, 2.75) is 39.0 Å². The Morgan fingerprint density at radius 3 is 3.00 bits per heavy atom. The third-order valence-electron chi connectivity index (χ3n) is 3.85. The molecule has 3 rings (SSSR count). The van der Waals surface area contributed by atoms with Gasteiger partial charge in [0.25, 0.3) is 0 Å². The Labute approximate surface area is 123 Å². The van der Waals surface area contributed by atoms with E-state index in [-0.39, 0.29) is 6.10 Å². The zero-order valence-corrected chi connectivity index (χ0v) is 12.9. The van der Waals surface area contributed by atoms with Crippen LogP contribution in [0.1, 0.15) is 34.5 Å². The van der Waals surface area contributed by atoms with Gasteiger partial charge in [0.15, 0.2) is 0 Å². The Kier molecular flexibility index (Phi) is 3.87. The molecule has 0 aliphatic carbocycles. The van der Waals surface area contributed by atoms with Crippen LogP contribution in [0.4, 0.5) is 0 Å².